The first-order chi connectivity index (χ1) is 9.08. The van der Waals surface area contributed by atoms with Crippen LogP contribution in [0.4, 0.5) is 0 Å². The van der Waals surface area contributed by atoms with Gasteiger partial charge < -0.3 is 10.2 Å². The van der Waals surface area contributed by atoms with E-state index in [0.29, 0.717) is 12.1 Å². The molecular weight excluding hydrogens is 232 g/mol. The average Bonchev–Trinajstić information content (AvgIpc) is 2.99. The molecule has 2 aliphatic rings. The van der Waals surface area contributed by atoms with Gasteiger partial charge in [-0.2, -0.15) is 0 Å². The largest absolute Gasteiger partial charge is 0.311 e. The van der Waals surface area contributed by atoms with Gasteiger partial charge >= 0.3 is 0 Å². The van der Waals surface area contributed by atoms with Crippen molar-refractivity contribution in [3.8, 4) is 0 Å². The Morgan fingerprint density at radius 1 is 1.00 bits per heavy atom. The lowest BCUT2D eigenvalue weighted by Gasteiger charge is -2.34. The molecule has 0 aromatic rings. The number of hydrogen-bond acceptors (Lipinski definition) is 2. The fourth-order valence-electron chi connectivity index (χ4n) is 4.23. The maximum atomic E-state index is 3.88. The van der Waals surface area contributed by atoms with E-state index in [1.54, 1.807) is 0 Å². The van der Waals surface area contributed by atoms with Crippen molar-refractivity contribution in [1.29, 1.82) is 0 Å². The van der Waals surface area contributed by atoms with Crippen molar-refractivity contribution in [3.05, 3.63) is 0 Å². The second-order valence-electron chi connectivity index (χ2n) is 7.30. The summed E-state index contributed by atoms with van der Waals surface area (Å²) in [5.74, 6) is 0.913. The molecular formula is C17H34N2. The molecule has 2 saturated carbocycles. The summed E-state index contributed by atoms with van der Waals surface area (Å²) in [5, 5.41) is 3.88. The smallest absolute Gasteiger partial charge is 0.0124 e. The summed E-state index contributed by atoms with van der Waals surface area (Å²) in [5.41, 5.74) is 0. The first-order valence-electron chi connectivity index (χ1n) is 8.56. The summed E-state index contributed by atoms with van der Waals surface area (Å²) in [6.07, 6.45) is 11.3. The molecule has 2 heteroatoms. The second kappa shape index (κ2) is 7.08. The zero-order valence-electron chi connectivity index (χ0n) is 13.5. The van der Waals surface area contributed by atoms with Gasteiger partial charge in [0.1, 0.15) is 0 Å². The van der Waals surface area contributed by atoms with E-state index in [9.17, 15) is 0 Å². The minimum Gasteiger partial charge on any atom is -0.311 e. The third kappa shape index (κ3) is 4.19. The van der Waals surface area contributed by atoms with E-state index < -0.39 is 0 Å². The normalized spacial score (nSPS) is 30.6. The topological polar surface area (TPSA) is 15.3 Å². The summed E-state index contributed by atoms with van der Waals surface area (Å²) in [6, 6.07) is 3.03. The molecule has 0 aromatic heterocycles. The molecule has 112 valence electrons. The van der Waals surface area contributed by atoms with Crippen LogP contribution in [0.3, 0.4) is 0 Å². The number of hydrogen-bond donors (Lipinski definition) is 1. The molecule has 3 unspecified atom stereocenters. The standard InChI is InChI=1S/C17H34N2/c1-13(2)19(4)17-11-7-8-15(17)12-14(3)18-16-9-5-6-10-16/h13-18H,5-12H2,1-4H3. The van der Waals surface area contributed by atoms with Crippen molar-refractivity contribution >= 4 is 0 Å². The van der Waals surface area contributed by atoms with Crippen LogP contribution in [0, 0.1) is 5.92 Å². The molecule has 2 rings (SSSR count). The van der Waals surface area contributed by atoms with Crippen LogP contribution in [0.25, 0.3) is 0 Å². The summed E-state index contributed by atoms with van der Waals surface area (Å²) in [6.45, 7) is 7.06. The quantitative estimate of drug-likeness (QED) is 0.786. The van der Waals surface area contributed by atoms with Crippen LogP contribution in [0.15, 0.2) is 0 Å². The molecule has 0 aliphatic heterocycles. The average molecular weight is 266 g/mol. The van der Waals surface area contributed by atoms with Crippen LogP contribution in [-0.2, 0) is 0 Å². The molecule has 0 radical (unpaired) electrons. The van der Waals surface area contributed by atoms with Crippen LogP contribution in [-0.4, -0.2) is 36.1 Å². The lowest BCUT2D eigenvalue weighted by Crippen LogP contribution is -2.42. The predicted molar refractivity (Wildman–Crippen MR) is 83.5 cm³/mol. The Kier molecular flexibility index (Phi) is 5.70. The first-order valence-corrected chi connectivity index (χ1v) is 8.56. The maximum absolute atomic E-state index is 3.88. The highest BCUT2D eigenvalue weighted by Crippen LogP contribution is 2.33. The molecule has 19 heavy (non-hydrogen) atoms. The zero-order valence-corrected chi connectivity index (χ0v) is 13.5. The molecule has 0 bridgehead atoms. The number of nitrogens with zero attached hydrogens (tertiary/aromatic N) is 1. The van der Waals surface area contributed by atoms with E-state index in [0.717, 1.165) is 18.0 Å². The first kappa shape index (κ1) is 15.3. The number of nitrogens with one attached hydrogen (secondary N) is 1. The third-order valence-corrected chi connectivity index (χ3v) is 5.49. The summed E-state index contributed by atoms with van der Waals surface area (Å²) in [4.78, 5) is 2.61. The second-order valence-corrected chi connectivity index (χ2v) is 7.30. The van der Waals surface area contributed by atoms with Gasteiger partial charge in [-0.15, -0.1) is 0 Å². The molecule has 0 heterocycles. The molecule has 0 aromatic carbocycles. The Bertz CT molecular complexity index is 258. The van der Waals surface area contributed by atoms with Crippen molar-refractivity contribution in [1.82, 2.24) is 10.2 Å². The summed E-state index contributed by atoms with van der Waals surface area (Å²) in [7, 11) is 2.32. The van der Waals surface area contributed by atoms with Crippen LogP contribution in [0.5, 0.6) is 0 Å². The minimum atomic E-state index is 0.684. The monoisotopic (exact) mass is 266 g/mol. The van der Waals surface area contributed by atoms with Gasteiger partial charge in [-0.3, -0.25) is 0 Å². The molecule has 0 amide bonds. The van der Waals surface area contributed by atoms with Crippen molar-refractivity contribution in [2.75, 3.05) is 7.05 Å². The molecule has 0 spiro atoms. The van der Waals surface area contributed by atoms with Crippen molar-refractivity contribution in [2.24, 2.45) is 5.92 Å². The van der Waals surface area contributed by atoms with E-state index in [1.165, 1.54) is 51.4 Å². The fraction of sp³-hybridized carbons (Fsp3) is 1.00. The zero-order chi connectivity index (χ0) is 13.8. The van der Waals surface area contributed by atoms with E-state index in [-0.39, 0.29) is 0 Å². The molecule has 3 atom stereocenters. The van der Waals surface area contributed by atoms with Crippen LogP contribution >= 0.6 is 0 Å². The molecule has 1 N–H and O–H groups in total. The highest BCUT2D eigenvalue weighted by molar-refractivity contribution is 4.88. The lowest BCUT2D eigenvalue weighted by atomic mass is 9.93. The van der Waals surface area contributed by atoms with Crippen molar-refractivity contribution in [2.45, 2.75) is 96.3 Å². The van der Waals surface area contributed by atoms with Gasteiger partial charge in [-0.05, 0) is 65.8 Å². The predicted octanol–water partition coefficient (Wildman–Crippen LogP) is 3.81. The van der Waals surface area contributed by atoms with Gasteiger partial charge in [-0.25, -0.2) is 0 Å². The van der Waals surface area contributed by atoms with Gasteiger partial charge in [0.25, 0.3) is 0 Å². The molecule has 2 nitrogen and oxygen atoms in total. The Morgan fingerprint density at radius 3 is 2.32 bits per heavy atom. The Morgan fingerprint density at radius 2 is 1.68 bits per heavy atom. The summed E-state index contributed by atoms with van der Waals surface area (Å²) < 4.78 is 0. The Hall–Kier alpha value is -0.0800. The Labute approximate surface area is 120 Å². The van der Waals surface area contributed by atoms with E-state index in [1.807, 2.05) is 0 Å². The van der Waals surface area contributed by atoms with Gasteiger partial charge in [-0.1, -0.05) is 19.3 Å². The molecule has 0 saturated heterocycles. The highest BCUT2D eigenvalue weighted by atomic mass is 15.2. The third-order valence-electron chi connectivity index (χ3n) is 5.49. The van der Waals surface area contributed by atoms with E-state index in [2.05, 4.69) is 38.0 Å². The van der Waals surface area contributed by atoms with Crippen LogP contribution in [0.1, 0.15) is 72.1 Å². The lowest BCUT2D eigenvalue weighted by molar-refractivity contribution is 0.147. The van der Waals surface area contributed by atoms with Gasteiger partial charge in [0, 0.05) is 24.2 Å². The highest BCUT2D eigenvalue weighted by Gasteiger charge is 2.32. The van der Waals surface area contributed by atoms with Crippen LogP contribution < -0.4 is 5.32 Å². The van der Waals surface area contributed by atoms with E-state index >= 15 is 0 Å². The van der Waals surface area contributed by atoms with Gasteiger partial charge in [0.05, 0.1) is 0 Å². The van der Waals surface area contributed by atoms with Gasteiger partial charge in [0.2, 0.25) is 0 Å². The van der Waals surface area contributed by atoms with Gasteiger partial charge in [0.15, 0.2) is 0 Å². The molecule has 2 fully saturated rings. The van der Waals surface area contributed by atoms with Crippen LogP contribution in [0.2, 0.25) is 0 Å². The minimum absolute atomic E-state index is 0.684. The van der Waals surface area contributed by atoms with Crippen molar-refractivity contribution in [3.63, 3.8) is 0 Å². The number of rotatable bonds is 6. The fourth-order valence-corrected chi connectivity index (χ4v) is 4.23. The Balaban J connectivity index is 1.79. The van der Waals surface area contributed by atoms with Crippen molar-refractivity contribution < 1.29 is 0 Å². The maximum Gasteiger partial charge on any atom is 0.0124 e. The SMILES string of the molecule is CC(CC1CCCC1N(C)C(C)C)NC1CCCC1. The van der Waals surface area contributed by atoms with E-state index in [4.69, 9.17) is 0 Å². The summed E-state index contributed by atoms with van der Waals surface area (Å²) >= 11 is 0. The molecule has 2 aliphatic carbocycles.